The van der Waals surface area contributed by atoms with E-state index < -0.39 is 18.2 Å². The Labute approximate surface area is 452 Å². The Balaban J connectivity index is 3.44. The van der Waals surface area contributed by atoms with Crippen LogP contribution < -0.4 is 5.32 Å². The summed E-state index contributed by atoms with van der Waals surface area (Å²) in [6.45, 7) is 4.21. The first kappa shape index (κ1) is 70.8. The van der Waals surface area contributed by atoms with E-state index >= 15 is 0 Å². The third kappa shape index (κ3) is 56.6. The Hall–Kier alpha value is -1.17. The van der Waals surface area contributed by atoms with Crippen LogP contribution in [0.3, 0.4) is 0 Å². The molecule has 0 rings (SSSR count). The molecule has 1 amide bonds. The number of unbranched alkanes of at least 4 members (excludes halogenated alkanes) is 50. The lowest BCUT2D eigenvalue weighted by molar-refractivity contribution is -0.124. The van der Waals surface area contributed by atoms with Crippen LogP contribution in [0.2, 0.25) is 0 Å². The lowest BCUT2D eigenvalue weighted by Crippen LogP contribution is -2.50. The van der Waals surface area contributed by atoms with Crippen molar-refractivity contribution < 1.29 is 20.1 Å². The highest BCUT2D eigenvalue weighted by Gasteiger charge is 2.26. The summed E-state index contributed by atoms with van der Waals surface area (Å²) in [5.41, 5.74) is 0. The molecule has 0 aliphatic heterocycles. The lowest BCUT2D eigenvalue weighted by Gasteiger charge is -2.26. The highest BCUT2D eigenvalue weighted by Crippen LogP contribution is 2.19. The SMILES string of the molecule is CCCCCCCCCCCC/C=C/CC/C=C/CCCC(O)C(O)C(CO)NC(=O)CCCCCCCCCCCCCCCCCCCCCCCCCCCCCCCCCCCCCCCCC. The molecule has 0 heterocycles. The van der Waals surface area contributed by atoms with Gasteiger partial charge in [-0.25, -0.2) is 0 Å². The van der Waals surface area contributed by atoms with Crippen LogP contribution in [-0.2, 0) is 4.79 Å². The molecule has 0 fully saturated rings. The second kappa shape index (κ2) is 62.4. The van der Waals surface area contributed by atoms with Crippen molar-refractivity contribution in [2.24, 2.45) is 0 Å². The maximum absolute atomic E-state index is 12.5. The molecule has 0 saturated carbocycles. The zero-order chi connectivity index (χ0) is 52.2. The number of hydrogen-bond acceptors (Lipinski definition) is 4. The third-order valence-electron chi connectivity index (χ3n) is 15.8. The summed E-state index contributed by atoms with van der Waals surface area (Å²) in [5, 5.41) is 33.8. The standard InChI is InChI=1S/C67H131NO4/c1-3-5-7-9-11-13-15-17-19-21-23-24-25-26-27-28-29-30-31-32-33-34-35-36-37-38-39-40-41-42-44-46-48-50-52-54-56-58-60-62-66(71)68-64(63-69)67(72)65(70)61-59-57-55-53-51-49-47-45-43-22-20-18-16-14-12-10-8-6-4-2/h45,47,53,55,64-65,67,69-70,72H,3-44,46,48-52,54,56-63H2,1-2H3,(H,68,71)/b47-45+,55-53+. The van der Waals surface area contributed by atoms with Crippen LogP contribution in [0.15, 0.2) is 24.3 Å². The Kier molecular flexibility index (Phi) is 61.4. The molecule has 3 unspecified atom stereocenters. The normalized spacial score (nSPS) is 13.2. The molecule has 3 atom stereocenters. The molecule has 72 heavy (non-hydrogen) atoms. The molecule has 0 aromatic rings. The zero-order valence-electron chi connectivity index (χ0n) is 49.1. The number of carbonyl (C=O) groups excluding carboxylic acids is 1. The van der Waals surface area contributed by atoms with Crippen molar-refractivity contribution in [3.63, 3.8) is 0 Å². The minimum atomic E-state index is -1.17. The molecule has 0 aromatic heterocycles. The van der Waals surface area contributed by atoms with E-state index in [-0.39, 0.29) is 12.5 Å². The highest BCUT2D eigenvalue weighted by atomic mass is 16.3. The maximum Gasteiger partial charge on any atom is 0.220 e. The largest absolute Gasteiger partial charge is 0.394 e. The number of amides is 1. The van der Waals surface area contributed by atoms with Gasteiger partial charge in [0.1, 0.15) is 6.10 Å². The molecule has 428 valence electrons. The minimum Gasteiger partial charge on any atom is -0.394 e. The van der Waals surface area contributed by atoms with Crippen LogP contribution in [0.1, 0.15) is 373 Å². The number of nitrogens with one attached hydrogen (secondary N) is 1. The number of aliphatic hydroxyl groups is 3. The smallest absolute Gasteiger partial charge is 0.220 e. The summed E-state index contributed by atoms with van der Waals surface area (Å²) in [4.78, 5) is 12.5. The molecule has 5 nitrogen and oxygen atoms in total. The number of carbonyl (C=O) groups is 1. The number of hydrogen-bond donors (Lipinski definition) is 4. The van der Waals surface area contributed by atoms with Gasteiger partial charge >= 0.3 is 0 Å². The van der Waals surface area contributed by atoms with E-state index in [0.29, 0.717) is 12.8 Å². The first-order valence-electron chi connectivity index (χ1n) is 33.1. The summed E-state index contributed by atoms with van der Waals surface area (Å²) >= 11 is 0. The van der Waals surface area contributed by atoms with Gasteiger partial charge in [-0.05, 0) is 51.4 Å². The fraction of sp³-hybridized carbons (Fsp3) is 0.925. The van der Waals surface area contributed by atoms with Gasteiger partial charge in [0.15, 0.2) is 0 Å². The summed E-state index contributed by atoms with van der Waals surface area (Å²) in [7, 11) is 0. The average Bonchev–Trinajstić information content (AvgIpc) is 3.39. The summed E-state index contributed by atoms with van der Waals surface area (Å²) in [6, 6.07) is -0.831. The zero-order valence-corrected chi connectivity index (χ0v) is 49.1. The van der Waals surface area contributed by atoms with Gasteiger partial charge in [-0.1, -0.05) is 340 Å². The van der Waals surface area contributed by atoms with Gasteiger partial charge in [0.05, 0.1) is 18.8 Å². The third-order valence-corrected chi connectivity index (χ3v) is 15.8. The predicted molar refractivity (Wildman–Crippen MR) is 319 cm³/mol. The second-order valence-corrected chi connectivity index (χ2v) is 23.0. The van der Waals surface area contributed by atoms with E-state index in [1.54, 1.807) is 0 Å². The molecule has 0 bridgehead atoms. The van der Waals surface area contributed by atoms with Crippen LogP contribution in [-0.4, -0.2) is 46.1 Å². The van der Waals surface area contributed by atoms with Gasteiger partial charge in [0.25, 0.3) is 0 Å². The number of aliphatic hydroxyl groups excluding tert-OH is 3. The van der Waals surface area contributed by atoms with Crippen molar-refractivity contribution in [3.8, 4) is 0 Å². The lowest BCUT2D eigenvalue weighted by atomic mass is 10.0. The van der Waals surface area contributed by atoms with E-state index in [1.807, 2.05) is 0 Å². The van der Waals surface area contributed by atoms with E-state index in [2.05, 4.69) is 43.5 Å². The van der Waals surface area contributed by atoms with Crippen molar-refractivity contribution in [1.82, 2.24) is 5.32 Å². The molecular formula is C67H131NO4. The van der Waals surface area contributed by atoms with Crippen LogP contribution in [0.25, 0.3) is 0 Å². The molecule has 4 N–H and O–H groups in total. The van der Waals surface area contributed by atoms with Crippen molar-refractivity contribution in [3.05, 3.63) is 24.3 Å². The molecular weight excluding hydrogens is 883 g/mol. The van der Waals surface area contributed by atoms with Crippen molar-refractivity contribution in [1.29, 1.82) is 0 Å². The van der Waals surface area contributed by atoms with Crippen LogP contribution >= 0.6 is 0 Å². The quantitative estimate of drug-likeness (QED) is 0.0361. The first-order valence-corrected chi connectivity index (χ1v) is 33.1. The molecule has 0 spiro atoms. The topological polar surface area (TPSA) is 89.8 Å². The van der Waals surface area contributed by atoms with Crippen LogP contribution in [0.4, 0.5) is 0 Å². The van der Waals surface area contributed by atoms with E-state index in [0.717, 1.165) is 44.9 Å². The number of rotatable bonds is 62. The predicted octanol–water partition coefficient (Wildman–Crippen LogP) is 21.2. The number of allylic oxidation sites excluding steroid dienone is 4. The van der Waals surface area contributed by atoms with Gasteiger partial charge in [-0.3, -0.25) is 4.79 Å². The maximum atomic E-state index is 12.5. The Morgan fingerprint density at radius 3 is 0.847 bits per heavy atom. The molecule has 5 heteroatoms. The van der Waals surface area contributed by atoms with Gasteiger partial charge in [-0.2, -0.15) is 0 Å². The van der Waals surface area contributed by atoms with Gasteiger partial charge in [0.2, 0.25) is 5.91 Å². The van der Waals surface area contributed by atoms with Crippen molar-refractivity contribution in [2.45, 2.75) is 392 Å². The first-order chi connectivity index (χ1) is 35.6. The minimum absolute atomic E-state index is 0.151. The van der Waals surface area contributed by atoms with E-state index in [9.17, 15) is 20.1 Å². The Bertz CT molecular complexity index is 1080. The molecule has 0 saturated heterocycles. The second-order valence-electron chi connectivity index (χ2n) is 23.0. The average molecular weight is 1010 g/mol. The highest BCUT2D eigenvalue weighted by molar-refractivity contribution is 5.76. The van der Waals surface area contributed by atoms with E-state index in [1.165, 1.54) is 302 Å². The summed E-state index contributed by atoms with van der Waals surface area (Å²) in [6.07, 6.45) is 81.1. The van der Waals surface area contributed by atoms with Crippen LogP contribution in [0.5, 0.6) is 0 Å². The molecule has 0 aliphatic rings. The van der Waals surface area contributed by atoms with E-state index in [4.69, 9.17) is 0 Å². The molecule has 0 aromatic carbocycles. The fourth-order valence-corrected chi connectivity index (χ4v) is 10.7. The Morgan fingerprint density at radius 1 is 0.333 bits per heavy atom. The fourth-order valence-electron chi connectivity index (χ4n) is 10.7. The van der Waals surface area contributed by atoms with Crippen LogP contribution in [0, 0.1) is 0 Å². The monoisotopic (exact) mass is 1010 g/mol. The van der Waals surface area contributed by atoms with Gasteiger partial charge in [0, 0.05) is 6.42 Å². The molecule has 0 aliphatic carbocycles. The van der Waals surface area contributed by atoms with Gasteiger partial charge in [-0.15, -0.1) is 0 Å². The summed E-state index contributed by atoms with van der Waals surface area (Å²) in [5.74, 6) is -0.151. The molecule has 0 radical (unpaired) electrons. The van der Waals surface area contributed by atoms with Gasteiger partial charge < -0.3 is 20.6 Å². The summed E-state index contributed by atoms with van der Waals surface area (Å²) < 4.78 is 0. The van der Waals surface area contributed by atoms with Crippen molar-refractivity contribution >= 4 is 5.91 Å². The van der Waals surface area contributed by atoms with Crippen molar-refractivity contribution in [2.75, 3.05) is 6.61 Å². The Morgan fingerprint density at radius 2 is 0.569 bits per heavy atom.